The van der Waals surface area contributed by atoms with Crippen LogP contribution in [0.2, 0.25) is 0 Å². The molecule has 14 heteroatoms. The van der Waals surface area contributed by atoms with Gasteiger partial charge in [-0.3, -0.25) is 0 Å². The molecule has 172 valence electrons. The van der Waals surface area contributed by atoms with Crippen LogP contribution in [0.1, 0.15) is 21.1 Å². The van der Waals surface area contributed by atoms with Crippen LogP contribution in [0.5, 0.6) is 11.8 Å². The molecule has 0 saturated heterocycles. The molecular weight excluding hydrogens is 430 g/mol. The van der Waals surface area contributed by atoms with Crippen molar-refractivity contribution in [3.63, 3.8) is 0 Å². The van der Waals surface area contributed by atoms with Crippen molar-refractivity contribution in [2.24, 2.45) is 0 Å². The summed E-state index contributed by atoms with van der Waals surface area (Å²) in [6.07, 6.45) is -4.30. The highest BCUT2D eigenvalue weighted by molar-refractivity contribution is 5.86. The van der Waals surface area contributed by atoms with Crippen LogP contribution in [0.25, 0.3) is 0 Å². The number of aliphatic hydroxyl groups is 2. The molecule has 0 radical (unpaired) electrons. The maximum atomic E-state index is 11.9. The molecule has 31 heavy (non-hydrogen) atoms. The summed E-state index contributed by atoms with van der Waals surface area (Å²) in [7, 11) is 2.37. The van der Waals surface area contributed by atoms with E-state index in [1.807, 2.05) is 0 Å². The van der Waals surface area contributed by atoms with Crippen molar-refractivity contribution in [1.29, 1.82) is 0 Å². The lowest BCUT2D eigenvalue weighted by Gasteiger charge is -2.08. The predicted octanol–water partition coefficient (Wildman–Crippen LogP) is 0.853. The third kappa shape index (κ3) is 8.79. The summed E-state index contributed by atoms with van der Waals surface area (Å²) < 4.78 is 51.2. The Morgan fingerprint density at radius 1 is 1.03 bits per heavy atom. The van der Waals surface area contributed by atoms with Crippen LogP contribution in [0, 0.1) is 0 Å². The molecule has 2 N–H and O–H groups in total. The fraction of sp³-hybridized carbons (Fsp3) is 0.412. The van der Waals surface area contributed by atoms with Crippen molar-refractivity contribution in [2.75, 3.05) is 27.4 Å². The summed E-state index contributed by atoms with van der Waals surface area (Å²) in [5.74, 6) is -1.75. The van der Waals surface area contributed by atoms with E-state index in [2.05, 4.69) is 40.1 Å². The van der Waals surface area contributed by atoms with Gasteiger partial charge in [0.1, 0.15) is 25.4 Å². The third-order valence-electron chi connectivity index (χ3n) is 3.12. The van der Waals surface area contributed by atoms with Crippen LogP contribution < -0.4 is 9.47 Å². The number of carbonyl (C=O) groups is 2. The zero-order chi connectivity index (χ0) is 23.4. The Bertz CT molecular complexity index is 838. The Balaban J connectivity index is 0.000000311. The molecular formula is C17H20F2N2O10. The highest BCUT2D eigenvalue weighted by atomic mass is 19.3. The highest BCUT2D eigenvalue weighted by Gasteiger charge is 2.19. The maximum absolute atomic E-state index is 11.9. The monoisotopic (exact) mass is 450 g/mol. The van der Waals surface area contributed by atoms with Crippen LogP contribution >= 0.6 is 0 Å². The molecule has 2 heterocycles. The van der Waals surface area contributed by atoms with Crippen LogP contribution in [0.15, 0.2) is 33.8 Å². The standard InChI is InChI=1S/C9H11NO5.C8H9F2NO5/c1-3-6(11)5-14-8-4-7(15-10-8)9(12)13-2;1-14-8(13)5-2-6(11-16-5)15-3-4(12)7(9)10/h3-4,6,11H,1,5H2,2H3;2,4,7,12H,3H2,1H3. The van der Waals surface area contributed by atoms with Crippen molar-refractivity contribution in [3.05, 3.63) is 36.3 Å². The minimum absolute atomic E-state index is 0.00333. The lowest BCUT2D eigenvalue weighted by atomic mass is 10.4. The van der Waals surface area contributed by atoms with Gasteiger partial charge in [0.15, 0.2) is 0 Å². The average Bonchev–Trinajstić information content (AvgIpc) is 3.44. The van der Waals surface area contributed by atoms with Crippen LogP contribution in [-0.4, -0.2) is 78.5 Å². The Kier molecular flexibility index (Phi) is 10.6. The Morgan fingerprint density at radius 3 is 1.87 bits per heavy atom. The topological polar surface area (TPSA) is 164 Å². The number of ether oxygens (including phenoxy) is 4. The first-order valence-corrected chi connectivity index (χ1v) is 8.34. The van der Waals surface area contributed by atoms with E-state index in [9.17, 15) is 18.4 Å². The molecule has 0 amide bonds. The number of nitrogens with zero attached hydrogens (tertiary/aromatic N) is 2. The molecule has 0 bridgehead atoms. The van der Waals surface area contributed by atoms with Gasteiger partial charge in [-0.1, -0.05) is 6.08 Å². The van der Waals surface area contributed by atoms with Gasteiger partial charge in [0, 0.05) is 0 Å². The summed E-state index contributed by atoms with van der Waals surface area (Å²) >= 11 is 0. The second-order valence-electron chi connectivity index (χ2n) is 5.37. The number of alkyl halides is 2. The molecule has 2 aromatic rings. The van der Waals surface area contributed by atoms with Crippen molar-refractivity contribution < 1.29 is 56.6 Å². The van der Waals surface area contributed by atoms with E-state index < -0.39 is 37.2 Å². The van der Waals surface area contributed by atoms with Gasteiger partial charge in [0.2, 0.25) is 11.5 Å². The molecule has 0 saturated carbocycles. The Hall–Kier alpha value is -3.52. The van der Waals surface area contributed by atoms with Crippen LogP contribution in [-0.2, 0) is 9.47 Å². The van der Waals surface area contributed by atoms with Gasteiger partial charge >= 0.3 is 11.9 Å². The summed E-state index contributed by atoms with van der Waals surface area (Å²) in [6, 6.07) is 2.35. The maximum Gasteiger partial charge on any atom is 0.377 e. The van der Waals surface area contributed by atoms with Crippen molar-refractivity contribution in [3.8, 4) is 11.8 Å². The first kappa shape index (κ1) is 25.5. The number of esters is 2. The molecule has 2 unspecified atom stereocenters. The lowest BCUT2D eigenvalue weighted by molar-refractivity contribution is -0.0295. The minimum atomic E-state index is -2.91. The van der Waals surface area contributed by atoms with Gasteiger partial charge in [-0.15, -0.1) is 6.58 Å². The highest BCUT2D eigenvalue weighted by Crippen LogP contribution is 2.14. The van der Waals surface area contributed by atoms with Gasteiger partial charge in [-0.25, -0.2) is 18.4 Å². The number of carbonyl (C=O) groups excluding carboxylic acids is 2. The largest absolute Gasteiger partial charge is 0.473 e. The predicted molar refractivity (Wildman–Crippen MR) is 94.9 cm³/mol. The molecule has 0 aromatic carbocycles. The number of hydrogen-bond acceptors (Lipinski definition) is 12. The first-order chi connectivity index (χ1) is 14.7. The zero-order valence-corrected chi connectivity index (χ0v) is 16.4. The van der Waals surface area contributed by atoms with Crippen molar-refractivity contribution in [1.82, 2.24) is 10.3 Å². The summed E-state index contributed by atoms with van der Waals surface area (Å²) in [5, 5.41) is 24.5. The molecule has 12 nitrogen and oxygen atoms in total. The Morgan fingerprint density at radius 2 is 1.48 bits per heavy atom. The zero-order valence-electron chi connectivity index (χ0n) is 16.4. The van der Waals surface area contributed by atoms with E-state index in [0.29, 0.717) is 0 Å². The van der Waals surface area contributed by atoms with E-state index in [1.165, 1.54) is 19.3 Å². The van der Waals surface area contributed by atoms with Gasteiger partial charge in [0.25, 0.3) is 18.2 Å². The van der Waals surface area contributed by atoms with Gasteiger partial charge in [-0.05, 0) is 10.3 Å². The van der Waals surface area contributed by atoms with E-state index in [-0.39, 0.29) is 29.9 Å². The van der Waals surface area contributed by atoms with Crippen molar-refractivity contribution in [2.45, 2.75) is 18.6 Å². The van der Waals surface area contributed by atoms with Gasteiger partial charge in [0.05, 0.1) is 26.4 Å². The second kappa shape index (κ2) is 12.9. The molecule has 0 spiro atoms. The number of aliphatic hydroxyl groups excluding tert-OH is 2. The number of halogens is 2. The molecule has 0 fully saturated rings. The summed E-state index contributed by atoms with van der Waals surface area (Å²) in [4.78, 5) is 21.8. The van der Waals surface area contributed by atoms with Crippen LogP contribution in [0.4, 0.5) is 8.78 Å². The molecule has 0 aliphatic heterocycles. The molecule has 2 rings (SSSR count). The number of hydrogen-bond donors (Lipinski definition) is 2. The molecule has 0 aliphatic rings. The lowest BCUT2D eigenvalue weighted by Crippen LogP contribution is -2.25. The summed E-state index contributed by atoms with van der Waals surface area (Å²) in [5.41, 5.74) is 0. The normalized spacial score (nSPS) is 12.2. The average molecular weight is 450 g/mol. The number of rotatable bonds is 10. The van der Waals surface area contributed by atoms with E-state index in [4.69, 9.17) is 14.9 Å². The van der Waals surface area contributed by atoms with E-state index in [1.54, 1.807) is 0 Å². The first-order valence-electron chi connectivity index (χ1n) is 8.34. The van der Waals surface area contributed by atoms with Crippen LogP contribution in [0.3, 0.4) is 0 Å². The number of aromatic nitrogens is 2. The fourth-order valence-corrected chi connectivity index (χ4v) is 1.53. The van der Waals surface area contributed by atoms with Crippen molar-refractivity contribution >= 4 is 11.9 Å². The van der Waals surface area contributed by atoms with Gasteiger partial charge < -0.3 is 38.2 Å². The Labute approximate surface area is 173 Å². The smallest absolute Gasteiger partial charge is 0.377 e. The summed E-state index contributed by atoms with van der Waals surface area (Å²) in [6.45, 7) is 2.72. The second-order valence-corrected chi connectivity index (χ2v) is 5.37. The molecule has 2 aromatic heterocycles. The quantitative estimate of drug-likeness (QED) is 0.388. The minimum Gasteiger partial charge on any atom is -0.473 e. The van der Waals surface area contributed by atoms with E-state index >= 15 is 0 Å². The third-order valence-corrected chi connectivity index (χ3v) is 3.12. The number of methoxy groups -OCH3 is 2. The van der Waals surface area contributed by atoms with E-state index in [0.717, 1.165) is 13.2 Å². The fourth-order valence-electron chi connectivity index (χ4n) is 1.53. The molecule has 2 atom stereocenters. The van der Waals surface area contributed by atoms with Gasteiger partial charge in [-0.2, -0.15) is 0 Å². The molecule has 0 aliphatic carbocycles. The SMILES string of the molecule is C=CC(O)COc1cc(C(=O)OC)on1.COC(=O)c1cc(OCC(O)C(F)F)no1.